The van der Waals surface area contributed by atoms with Crippen LogP contribution in [0.15, 0.2) is 22.7 Å². The largest absolute Gasteiger partial charge is 0.398 e. The summed E-state index contributed by atoms with van der Waals surface area (Å²) in [6, 6.07) is 5.39. The molecule has 0 atom stereocenters. The van der Waals surface area contributed by atoms with Crippen LogP contribution in [-0.4, -0.2) is 35.8 Å². The first-order valence-electron chi connectivity index (χ1n) is 6.59. The highest BCUT2D eigenvalue weighted by atomic mass is 79.9. The average molecular weight is 340 g/mol. The van der Waals surface area contributed by atoms with Crippen molar-refractivity contribution in [1.82, 2.24) is 10.2 Å². The number of halogens is 1. The highest BCUT2D eigenvalue weighted by molar-refractivity contribution is 9.10. The van der Waals surface area contributed by atoms with Crippen LogP contribution < -0.4 is 11.1 Å². The number of nitrogens with zero attached hydrogens (tertiary/aromatic N) is 1. The van der Waals surface area contributed by atoms with E-state index in [0.717, 1.165) is 17.3 Å². The zero-order valence-electron chi connectivity index (χ0n) is 11.4. The predicted molar refractivity (Wildman–Crippen MR) is 81.3 cm³/mol. The van der Waals surface area contributed by atoms with Crippen LogP contribution in [0.5, 0.6) is 0 Å². The summed E-state index contributed by atoms with van der Waals surface area (Å²) in [5, 5.41) is 2.90. The van der Waals surface area contributed by atoms with Gasteiger partial charge in [0, 0.05) is 41.8 Å². The summed E-state index contributed by atoms with van der Waals surface area (Å²) in [7, 11) is 0. The van der Waals surface area contributed by atoms with Crippen molar-refractivity contribution in [3.8, 4) is 0 Å². The molecule has 1 aliphatic heterocycles. The van der Waals surface area contributed by atoms with Gasteiger partial charge in [-0.1, -0.05) is 0 Å². The summed E-state index contributed by atoms with van der Waals surface area (Å²) < 4.78 is 0.733. The van der Waals surface area contributed by atoms with Gasteiger partial charge < -0.3 is 16.0 Å². The van der Waals surface area contributed by atoms with E-state index in [9.17, 15) is 9.59 Å². The maximum Gasteiger partial charge on any atom is 0.253 e. The number of nitrogens with two attached hydrogens (primary N) is 1. The van der Waals surface area contributed by atoms with Crippen molar-refractivity contribution in [2.24, 2.45) is 0 Å². The summed E-state index contributed by atoms with van der Waals surface area (Å²) in [5.74, 6) is -0.00998. The van der Waals surface area contributed by atoms with Gasteiger partial charge in [-0.2, -0.15) is 0 Å². The van der Waals surface area contributed by atoms with Gasteiger partial charge in [-0.25, -0.2) is 0 Å². The molecule has 0 unspecified atom stereocenters. The van der Waals surface area contributed by atoms with E-state index in [2.05, 4.69) is 21.2 Å². The van der Waals surface area contributed by atoms with Gasteiger partial charge in [-0.3, -0.25) is 9.59 Å². The molecule has 1 heterocycles. The number of hydrogen-bond donors (Lipinski definition) is 2. The van der Waals surface area contributed by atoms with Crippen LogP contribution >= 0.6 is 15.9 Å². The number of nitrogen functional groups attached to an aromatic ring is 1. The van der Waals surface area contributed by atoms with E-state index in [0.29, 0.717) is 24.3 Å². The van der Waals surface area contributed by atoms with Gasteiger partial charge in [0.2, 0.25) is 5.91 Å². The monoisotopic (exact) mass is 339 g/mol. The Balaban J connectivity index is 1.97. The molecule has 1 fully saturated rings. The highest BCUT2D eigenvalue weighted by Gasteiger charge is 2.24. The van der Waals surface area contributed by atoms with E-state index in [1.807, 2.05) is 4.90 Å². The number of benzene rings is 1. The Morgan fingerprint density at radius 2 is 2.00 bits per heavy atom. The Kier molecular flexibility index (Phi) is 4.65. The number of carbonyl (C=O) groups excluding carboxylic acids is 2. The fourth-order valence-corrected chi connectivity index (χ4v) is 2.74. The molecule has 0 aliphatic carbocycles. The van der Waals surface area contributed by atoms with Crippen molar-refractivity contribution in [3.63, 3.8) is 0 Å². The van der Waals surface area contributed by atoms with E-state index < -0.39 is 0 Å². The van der Waals surface area contributed by atoms with E-state index in [-0.39, 0.29) is 17.9 Å². The second kappa shape index (κ2) is 6.26. The molecule has 3 N–H and O–H groups in total. The van der Waals surface area contributed by atoms with E-state index >= 15 is 0 Å². The molecular formula is C14H18BrN3O2. The van der Waals surface area contributed by atoms with Crippen LogP contribution in [0.25, 0.3) is 0 Å². The first kappa shape index (κ1) is 14.8. The van der Waals surface area contributed by atoms with Gasteiger partial charge >= 0.3 is 0 Å². The maximum absolute atomic E-state index is 12.4. The lowest BCUT2D eigenvalue weighted by Gasteiger charge is -2.32. The van der Waals surface area contributed by atoms with Crippen LogP contribution in [0, 0.1) is 0 Å². The normalized spacial score (nSPS) is 16.0. The lowest BCUT2D eigenvalue weighted by atomic mass is 10.0. The van der Waals surface area contributed by atoms with Crippen molar-refractivity contribution in [1.29, 1.82) is 0 Å². The van der Waals surface area contributed by atoms with Crippen molar-refractivity contribution in [2.45, 2.75) is 25.8 Å². The number of rotatable bonds is 2. The number of amides is 2. The Morgan fingerprint density at radius 3 is 2.55 bits per heavy atom. The number of piperidine rings is 1. The minimum absolute atomic E-state index is 0.00646. The fourth-order valence-electron chi connectivity index (χ4n) is 2.36. The van der Waals surface area contributed by atoms with E-state index in [1.165, 1.54) is 6.92 Å². The second-order valence-electron chi connectivity index (χ2n) is 5.00. The predicted octanol–water partition coefficient (Wildman–Crippen LogP) is 1.77. The topological polar surface area (TPSA) is 75.4 Å². The Morgan fingerprint density at radius 1 is 1.35 bits per heavy atom. The van der Waals surface area contributed by atoms with E-state index in [4.69, 9.17) is 5.73 Å². The third kappa shape index (κ3) is 3.50. The van der Waals surface area contributed by atoms with Gasteiger partial charge in [0.15, 0.2) is 0 Å². The maximum atomic E-state index is 12.4. The highest BCUT2D eigenvalue weighted by Crippen LogP contribution is 2.22. The molecule has 0 spiro atoms. The average Bonchev–Trinajstić information content (AvgIpc) is 2.41. The van der Waals surface area contributed by atoms with Crippen LogP contribution in [0.3, 0.4) is 0 Å². The molecule has 0 bridgehead atoms. The summed E-state index contributed by atoms with van der Waals surface area (Å²) in [6.07, 6.45) is 1.59. The minimum Gasteiger partial charge on any atom is -0.398 e. The number of nitrogens with one attached hydrogen (secondary N) is 1. The lowest BCUT2D eigenvalue weighted by Crippen LogP contribution is -2.46. The smallest absolute Gasteiger partial charge is 0.253 e. The number of carbonyl (C=O) groups is 2. The first-order valence-corrected chi connectivity index (χ1v) is 7.38. The van der Waals surface area contributed by atoms with Crippen molar-refractivity contribution in [3.05, 3.63) is 28.2 Å². The Hall–Kier alpha value is -1.56. The lowest BCUT2D eigenvalue weighted by molar-refractivity contribution is -0.119. The summed E-state index contributed by atoms with van der Waals surface area (Å²) >= 11 is 3.33. The number of likely N-dealkylation sites (tertiary alicyclic amines) is 1. The minimum atomic E-state index is -0.0164. The fraction of sp³-hybridized carbons (Fsp3) is 0.429. The van der Waals surface area contributed by atoms with Gasteiger partial charge in [0.05, 0.1) is 0 Å². The SMILES string of the molecule is CC(=O)NC1CCN(C(=O)c2ccc(N)c(Br)c2)CC1. The molecule has 1 saturated heterocycles. The second-order valence-corrected chi connectivity index (χ2v) is 5.86. The summed E-state index contributed by atoms with van der Waals surface area (Å²) in [6.45, 7) is 2.83. The molecule has 1 aliphatic rings. The van der Waals surface area contributed by atoms with Gasteiger partial charge in [0.25, 0.3) is 5.91 Å². The molecule has 2 rings (SSSR count). The summed E-state index contributed by atoms with van der Waals surface area (Å²) in [4.78, 5) is 25.2. The zero-order valence-corrected chi connectivity index (χ0v) is 12.9. The molecule has 0 radical (unpaired) electrons. The van der Waals surface area contributed by atoms with Crippen LogP contribution in [0.4, 0.5) is 5.69 Å². The van der Waals surface area contributed by atoms with Crippen LogP contribution in [-0.2, 0) is 4.79 Å². The molecule has 0 aromatic heterocycles. The van der Waals surface area contributed by atoms with Crippen molar-refractivity contribution < 1.29 is 9.59 Å². The number of hydrogen-bond acceptors (Lipinski definition) is 3. The molecule has 5 nitrogen and oxygen atoms in total. The third-order valence-electron chi connectivity index (χ3n) is 3.44. The van der Waals surface area contributed by atoms with Crippen molar-refractivity contribution in [2.75, 3.05) is 18.8 Å². The van der Waals surface area contributed by atoms with Gasteiger partial charge in [0.1, 0.15) is 0 Å². The molecule has 6 heteroatoms. The van der Waals surface area contributed by atoms with Crippen molar-refractivity contribution >= 4 is 33.4 Å². The van der Waals surface area contributed by atoms with Gasteiger partial charge in [-0.15, -0.1) is 0 Å². The molecule has 108 valence electrons. The molecule has 1 aromatic rings. The molecule has 1 aromatic carbocycles. The zero-order chi connectivity index (χ0) is 14.7. The van der Waals surface area contributed by atoms with Crippen LogP contribution in [0.2, 0.25) is 0 Å². The molecular weight excluding hydrogens is 322 g/mol. The Labute approximate surface area is 126 Å². The third-order valence-corrected chi connectivity index (χ3v) is 4.12. The van der Waals surface area contributed by atoms with E-state index in [1.54, 1.807) is 18.2 Å². The molecule has 20 heavy (non-hydrogen) atoms. The number of anilines is 1. The first-order chi connectivity index (χ1) is 9.47. The molecule has 0 saturated carbocycles. The molecule has 2 amide bonds. The standard InChI is InChI=1S/C14H18BrN3O2/c1-9(19)17-11-4-6-18(7-5-11)14(20)10-2-3-13(16)12(15)8-10/h2-3,8,11H,4-7,16H2,1H3,(H,17,19). The Bertz CT molecular complexity index is 525. The quantitative estimate of drug-likeness (QED) is 0.806. The summed E-state index contributed by atoms with van der Waals surface area (Å²) in [5.41, 5.74) is 6.97. The van der Waals surface area contributed by atoms with Gasteiger partial charge in [-0.05, 0) is 47.0 Å². The van der Waals surface area contributed by atoms with Crippen LogP contribution in [0.1, 0.15) is 30.1 Å².